The van der Waals surface area contributed by atoms with Crippen molar-refractivity contribution < 1.29 is 19.4 Å². The summed E-state index contributed by atoms with van der Waals surface area (Å²) >= 11 is 4.96. The van der Waals surface area contributed by atoms with Crippen molar-refractivity contribution in [3.8, 4) is 5.75 Å². The maximum Gasteiger partial charge on any atom is 0.326 e. The molecule has 0 aliphatic rings. The van der Waals surface area contributed by atoms with Crippen molar-refractivity contribution in [1.29, 1.82) is 0 Å². The van der Waals surface area contributed by atoms with Crippen molar-refractivity contribution in [2.75, 3.05) is 18.1 Å². The molecule has 0 saturated heterocycles. The topological polar surface area (TPSA) is 75.6 Å². The molecule has 1 aromatic rings. The molecule has 7 heteroatoms. The highest BCUT2D eigenvalue weighted by molar-refractivity contribution is 9.10. The van der Waals surface area contributed by atoms with Crippen molar-refractivity contribution in [1.82, 2.24) is 5.32 Å². The number of hydrogen-bond acceptors (Lipinski definition) is 4. The van der Waals surface area contributed by atoms with Crippen LogP contribution in [-0.2, 0) is 9.59 Å². The average molecular weight is 362 g/mol. The Morgan fingerprint density at radius 3 is 2.95 bits per heavy atom. The van der Waals surface area contributed by atoms with Gasteiger partial charge in [-0.2, -0.15) is 11.8 Å². The summed E-state index contributed by atoms with van der Waals surface area (Å²) in [5.41, 5.74) is 0. The zero-order valence-corrected chi connectivity index (χ0v) is 13.2. The lowest BCUT2D eigenvalue weighted by atomic mass is 10.2. The maximum absolute atomic E-state index is 10.8. The Morgan fingerprint density at radius 2 is 2.30 bits per heavy atom. The zero-order chi connectivity index (χ0) is 14.8. The van der Waals surface area contributed by atoms with Gasteiger partial charge in [-0.05, 0) is 30.4 Å². The van der Waals surface area contributed by atoms with Crippen LogP contribution in [0.4, 0.5) is 0 Å². The Balaban J connectivity index is 2.13. The number of halogens is 1. The Morgan fingerprint density at radius 1 is 1.50 bits per heavy atom. The molecule has 0 aliphatic heterocycles. The molecule has 0 fully saturated rings. The molecule has 1 rings (SSSR count). The fourth-order valence-electron chi connectivity index (χ4n) is 1.44. The molecular formula is C13H16BrNO4S. The minimum absolute atomic E-state index is 0.398. The van der Waals surface area contributed by atoms with Gasteiger partial charge < -0.3 is 15.2 Å². The summed E-state index contributed by atoms with van der Waals surface area (Å²) in [6.45, 7) is 0.556. The van der Waals surface area contributed by atoms with Crippen molar-refractivity contribution in [3.05, 3.63) is 28.7 Å². The third-order valence-corrected chi connectivity index (χ3v) is 3.88. The number of benzene rings is 1. The normalized spacial score (nSPS) is 11.7. The van der Waals surface area contributed by atoms with E-state index in [0.717, 1.165) is 16.0 Å². The van der Waals surface area contributed by atoms with E-state index in [2.05, 4.69) is 21.2 Å². The van der Waals surface area contributed by atoms with Crippen LogP contribution >= 0.6 is 27.7 Å². The number of carbonyl (C=O) groups excluding carboxylic acids is 1. The number of carboxylic acids is 1. The summed E-state index contributed by atoms with van der Waals surface area (Å²) < 4.78 is 6.51. The molecule has 5 nitrogen and oxygen atoms in total. The molecule has 1 amide bonds. The van der Waals surface area contributed by atoms with E-state index < -0.39 is 12.0 Å². The summed E-state index contributed by atoms with van der Waals surface area (Å²) in [7, 11) is 0. The van der Waals surface area contributed by atoms with Crippen LogP contribution in [0.2, 0.25) is 0 Å². The number of thioether (sulfide) groups is 1. The minimum atomic E-state index is -1.01. The van der Waals surface area contributed by atoms with Gasteiger partial charge in [-0.1, -0.05) is 22.0 Å². The van der Waals surface area contributed by atoms with Gasteiger partial charge in [0.1, 0.15) is 11.8 Å². The maximum atomic E-state index is 10.8. The number of rotatable bonds is 10. The molecule has 0 spiro atoms. The van der Waals surface area contributed by atoms with Crippen LogP contribution in [0.3, 0.4) is 0 Å². The number of ether oxygens (including phenoxy) is 1. The van der Waals surface area contributed by atoms with Gasteiger partial charge in [0.05, 0.1) is 6.61 Å². The molecule has 110 valence electrons. The number of carboxylic acid groups (broad SMARTS) is 1. The molecule has 1 aromatic carbocycles. The van der Waals surface area contributed by atoms with Crippen LogP contribution in [0.15, 0.2) is 28.7 Å². The number of aliphatic carboxylic acids is 1. The van der Waals surface area contributed by atoms with E-state index in [1.807, 2.05) is 24.3 Å². The molecule has 0 saturated carbocycles. The van der Waals surface area contributed by atoms with Crippen LogP contribution in [-0.4, -0.2) is 41.6 Å². The Kier molecular flexibility index (Phi) is 8.13. The van der Waals surface area contributed by atoms with E-state index in [-0.39, 0.29) is 0 Å². The molecule has 1 atom stereocenters. The lowest BCUT2D eigenvalue weighted by Crippen LogP contribution is -2.36. The van der Waals surface area contributed by atoms with E-state index in [9.17, 15) is 9.59 Å². The van der Waals surface area contributed by atoms with E-state index >= 15 is 0 Å². The first-order valence-electron chi connectivity index (χ1n) is 6.02. The Labute approximate surface area is 130 Å². The van der Waals surface area contributed by atoms with Crippen LogP contribution < -0.4 is 10.1 Å². The summed E-state index contributed by atoms with van der Waals surface area (Å²) in [5.74, 6) is 1.20. The Bertz CT molecular complexity index is 444. The SMILES string of the molecule is O=CNC(CCSCCOc1cccc(Br)c1)C(=O)O. The van der Waals surface area contributed by atoms with Gasteiger partial charge in [-0.15, -0.1) is 0 Å². The van der Waals surface area contributed by atoms with Crippen molar-refractivity contribution in [3.63, 3.8) is 0 Å². The number of hydrogen-bond donors (Lipinski definition) is 2. The van der Waals surface area contributed by atoms with Crippen LogP contribution in [0, 0.1) is 0 Å². The third kappa shape index (κ3) is 6.81. The number of amides is 1. The first kappa shape index (κ1) is 16.8. The van der Waals surface area contributed by atoms with E-state index in [0.29, 0.717) is 25.2 Å². The molecule has 1 unspecified atom stereocenters. The third-order valence-electron chi connectivity index (χ3n) is 2.41. The van der Waals surface area contributed by atoms with Gasteiger partial charge in [0.2, 0.25) is 6.41 Å². The van der Waals surface area contributed by atoms with Crippen LogP contribution in [0.1, 0.15) is 6.42 Å². The first-order valence-corrected chi connectivity index (χ1v) is 7.97. The first-order chi connectivity index (χ1) is 9.63. The smallest absolute Gasteiger partial charge is 0.326 e. The van der Waals surface area contributed by atoms with Crippen LogP contribution in [0.25, 0.3) is 0 Å². The monoisotopic (exact) mass is 361 g/mol. The van der Waals surface area contributed by atoms with E-state index in [1.54, 1.807) is 11.8 Å². The van der Waals surface area contributed by atoms with Gasteiger partial charge in [-0.25, -0.2) is 4.79 Å². The number of nitrogens with one attached hydrogen (secondary N) is 1. The second kappa shape index (κ2) is 9.66. The molecular weight excluding hydrogens is 346 g/mol. The number of carbonyl (C=O) groups is 2. The van der Waals surface area contributed by atoms with E-state index in [4.69, 9.17) is 9.84 Å². The summed E-state index contributed by atoms with van der Waals surface area (Å²) in [4.78, 5) is 21.0. The Hall–Kier alpha value is -1.21. The molecule has 0 bridgehead atoms. The predicted octanol–water partition coefficient (Wildman–Crippen LogP) is 2.15. The molecule has 0 aromatic heterocycles. The van der Waals surface area contributed by atoms with Gasteiger partial charge in [0.25, 0.3) is 0 Å². The van der Waals surface area contributed by atoms with Gasteiger partial charge >= 0.3 is 5.97 Å². The van der Waals surface area contributed by atoms with Gasteiger partial charge in [0, 0.05) is 10.2 Å². The summed E-state index contributed by atoms with van der Waals surface area (Å²) in [5, 5.41) is 11.1. The molecule has 20 heavy (non-hydrogen) atoms. The molecule has 0 radical (unpaired) electrons. The van der Waals surface area contributed by atoms with Gasteiger partial charge in [-0.3, -0.25) is 4.79 Å². The fraction of sp³-hybridized carbons (Fsp3) is 0.385. The second-order valence-corrected chi connectivity index (χ2v) is 6.02. The van der Waals surface area contributed by atoms with E-state index in [1.165, 1.54) is 0 Å². The summed E-state index contributed by atoms with van der Waals surface area (Å²) in [6, 6.07) is 6.78. The molecule has 0 aliphatic carbocycles. The molecule has 0 heterocycles. The lowest BCUT2D eigenvalue weighted by Gasteiger charge is -2.10. The standard InChI is InChI=1S/C13H16BrNO4S/c14-10-2-1-3-11(8-10)19-5-7-20-6-4-12(13(17)18)15-9-16/h1-3,8-9,12H,4-7H2,(H,15,16)(H,17,18). The second-order valence-electron chi connectivity index (χ2n) is 3.88. The molecule has 2 N–H and O–H groups in total. The highest BCUT2D eigenvalue weighted by Gasteiger charge is 2.15. The van der Waals surface area contributed by atoms with Crippen molar-refractivity contribution >= 4 is 40.1 Å². The predicted molar refractivity (Wildman–Crippen MR) is 82.2 cm³/mol. The zero-order valence-electron chi connectivity index (χ0n) is 10.8. The van der Waals surface area contributed by atoms with Crippen molar-refractivity contribution in [2.45, 2.75) is 12.5 Å². The highest BCUT2D eigenvalue weighted by atomic mass is 79.9. The van der Waals surface area contributed by atoms with Gasteiger partial charge in [0.15, 0.2) is 0 Å². The average Bonchev–Trinajstić information content (AvgIpc) is 2.41. The summed E-state index contributed by atoms with van der Waals surface area (Å²) in [6.07, 6.45) is 0.815. The minimum Gasteiger partial charge on any atom is -0.493 e. The largest absolute Gasteiger partial charge is 0.493 e. The van der Waals surface area contributed by atoms with Crippen LogP contribution in [0.5, 0.6) is 5.75 Å². The quantitative estimate of drug-likeness (QED) is 0.493. The fourth-order valence-corrected chi connectivity index (χ4v) is 2.62. The van der Waals surface area contributed by atoms with Crippen molar-refractivity contribution in [2.24, 2.45) is 0 Å². The highest BCUT2D eigenvalue weighted by Crippen LogP contribution is 2.18. The lowest BCUT2D eigenvalue weighted by molar-refractivity contribution is -0.140.